The van der Waals surface area contributed by atoms with Crippen molar-refractivity contribution in [2.24, 2.45) is 0 Å². The van der Waals surface area contributed by atoms with Crippen molar-refractivity contribution in [2.45, 2.75) is 25.9 Å². The van der Waals surface area contributed by atoms with E-state index in [0.717, 1.165) is 46.3 Å². The maximum absolute atomic E-state index is 12.5. The number of rotatable bonds is 5. The lowest BCUT2D eigenvalue weighted by Gasteiger charge is -2.10. The molecule has 1 aliphatic heterocycles. The van der Waals surface area contributed by atoms with Gasteiger partial charge in [0.25, 0.3) is 5.91 Å². The van der Waals surface area contributed by atoms with Crippen LogP contribution in [0.5, 0.6) is 5.75 Å². The maximum atomic E-state index is 12.5. The number of thiophene rings is 1. The van der Waals surface area contributed by atoms with Gasteiger partial charge in [0.05, 0.1) is 23.9 Å². The van der Waals surface area contributed by atoms with Gasteiger partial charge in [-0.15, -0.1) is 11.3 Å². The molecular formula is C19H21N3O3S. The van der Waals surface area contributed by atoms with E-state index in [4.69, 9.17) is 15.2 Å². The highest BCUT2D eigenvalue weighted by atomic mass is 32.1. The molecule has 0 aliphatic carbocycles. The lowest BCUT2D eigenvalue weighted by atomic mass is 10.1. The van der Waals surface area contributed by atoms with Crippen LogP contribution < -0.4 is 15.8 Å². The Hall–Kier alpha value is -2.38. The molecule has 0 spiro atoms. The molecule has 1 unspecified atom stereocenters. The fourth-order valence-electron chi connectivity index (χ4n) is 3.20. The molecule has 3 aromatic rings. The number of carbonyl (C=O) groups is 1. The SMILES string of the molecule is CCOc1ccc2nc3sc(C(=O)NCC4CCCO4)c(N)c3cc2c1. The van der Waals surface area contributed by atoms with Gasteiger partial charge < -0.3 is 20.5 Å². The van der Waals surface area contributed by atoms with Gasteiger partial charge in [-0.2, -0.15) is 0 Å². The number of nitrogen functional groups attached to an aromatic ring is 1. The Morgan fingerprint density at radius 1 is 1.46 bits per heavy atom. The largest absolute Gasteiger partial charge is 0.494 e. The molecule has 7 heteroatoms. The third-order valence-corrected chi connectivity index (χ3v) is 5.63. The Labute approximate surface area is 155 Å². The average molecular weight is 371 g/mol. The van der Waals surface area contributed by atoms with Crippen molar-refractivity contribution in [3.05, 3.63) is 29.1 Å². The predicted molar refractivity (Wildman–Crippen MR) is 104 cm³/mol. The molecule has 1 aromatic carbocycles. The van der Waals surface area contributed by atoms with E-state index < -0.39 is 0 Å². The number of aromatic nitrogens is 1. The number of hydrogen-bond donors (Lipinski definition) is 2. The third kappa shape index (κ3) is 3.20. The number of anilines is 1. The minimum Gasteiger partial charge on any atom is -0.494 e. The molecule has 2 aromatic heterocycles. The van der Waals surface area contributed by atoms with Crippen LogP contribution in [0.4, 0.5) is 5.69 Å². The van der Waals surface area contributed by atoms with E-state index in [1.54, 1.807) is 0 Å². The van der Waals surface area contributed by atoms with Crippen LogP contribution in [0.25, 0.3) is 21.1 Å². The molecule has 0 bridgehead atoms. The van der Waals surface area contributed by atoms with E-state index >= 15 is 0 Å². The molecule has 4 rings (SSSR count). The number of hydrogen-bond acceptors (Lipinski definition) is 6. The van der Waals surface area contributed by atoms with E-state index in [2.05, 4.69) is 10.3 Å². The number of carbonyl (C=O) groups excluding carboxylic acids is 1. The Balaban J connectivity index is 1.64. The van der Waals surface area contributed by atoms with E-state index in [0.29, 0.717) is 23.7 Å². The van der Waals surface area contributed by atoms with Crippen LogP contribution in [-0.2, 0) is 4.74 Å². The smallest absolute Gasteiger partial charge is 0.263 e. The van der Waals surface area contributed by atoms with Crippen LogP contribution in [0.3, 0.4) is 0 Å². The van der Waals surface area contributed by atoms with Gasteiger partial charge in [-0.3, -0.25) is 4.79 Å². The lowest BCUT2D eigenvalue weighted by molar-refractivity contribution is 0.0862. The minimum atomic E-state index is -0.167. The summed E-state index contributed by atoms with van der Waals surface area (Å²) >= 11 is 1.32. The zero-order chi connectivity index (χ0) is 18.1. The number of amides is 1. The molecule has 136 valence electrons. The standard InChI is InChI=1S/C19H21N3O3S/c1-2-24-12-5-6-15-11(8-12)9-14-16(20)17(26-19(14)22-15)18(23)21-10-13-4-3-7-25-13/h5-6,8-9,13H,2-4,7,10,20H2,1H3,(H,21,23). The highest BCUT2D eigenvalue weighted by Crippen LogP contribution is 2.35. The van der Waals surface area contributed by atoms with Crippen molar-refractivity contribution in [3.8, 4) is 5.75 Å². The lowest BCUT2D eigenvalue weighted by Crippen LogP contribution is -2.31. The summed E-state index contributed by atoms with van der Waals surface area (Å²) in [4.78, 5) is 18.5. The molecule has 0 radical (unpaired) electrons. The zero-order valence-corrected chi connectivity index (χ0v) is 15.4. The van der Waals surface area contributed by atoms with Gasteiger partial charge in [0, 0.05) is 23.9 Å². The van der Waals surface area contributed by atoms with Crippen LogP contribution in [0, 0.1) is 0 Å². The van der Waals surface area contributed by atoms with Gasteiger partial charge in [-0.05, 0) is 44.0 Å². The first-order valence-corrected chi connectivity index (χ1v) is 9.62. The minimum absolute atomic E-state index is 0.104. The van der Waals surface area contributed by atoms with E-state index in [9.17, 15) is 4.79 Å². The highest BCUT2D eigenvalue weighted by Gasteiger charge is 2.21. The first kappa shape index (κ1) is 17.1. The number of pyridine rings is 1. The second-order valence-corrected chi connectivity index (χ2v) is 7.32. The van der Waals surface area contributed by atoms with Gasteiger partial charge >= 0.3 is 0 Å². The molecule has 3 heterocycles. The van der Waals surface area contributed by atoms with Crippen LogP contribution in [-0.4, -0.2) is 36.8 Å². The van der Waals surface area contributed by atoms with E-state index in [1.807, 2.05) is 31.2 Å². The normalized spacial score (nSPS) is 17.0. The number of nitrogens with two attached hydrogens (primary N) is 1. The Morgan fingerprint density at radius 3 is 3.12 bits per heavy atom. The van der Waals surface area contributed by atoms with E-state index in [-0.39, 0.29) is 12.0 Å². The summed E-state index contributed by atoms with van der Waals surface area (Å²) in [5.41, 5.74) is 7.59. The summed E-state index contributed by atoms with van der Waals surface area (Å²) in [5, 5.41) is 4.68. The van der Waals surface area contributed by atoms with Crippen LogP contribution in [0.2, 0.25) is 0 Å². The summed E-state index contributed by atoms with van der Waals surface area (Å²) in [6.07, 6.45) is 2.13. The summed E-state index contributed by atoms with van der Waals surface area (Å²) < 4.78 is 11.1. The number of nitrogens with one attached hydrogen (secondary N) is 1. The Bertz CT molecular complexity index is 963. The van der Waals surface area contributed by atoms with Gasteiger partial charge in [0.2, 0.25) is 0 Å². The van der Waals surface area contributed by atoms with Crippen molar-refractivity contribution in [2.75, 3.05) is 25.5 Å². The molecule has 0 saturated carbocycles. The Kier molecular flexibility index (Phi) is 4.65. The van der Waals surface area contributed by atoms with Gasteiger partial charge in [-0.1, -0.05) is 0 Å². The van der Waals surface area contributed by atoms with Crippen molar-refractivity contribution in [3.63, 3.8) is 0 Å². The quantitative estimate of drug-likeness (QED) is 0.718. The number of fused-ring (bicyclic) bond motifs is 2. The van der Waals surface area contributed by atoms with Crippen LogP contribution in [0.15, 0.2) is 24.3 Å². The average Bonchev–Trinajstić information content (AvgIpc) is 3.27. The van der Waals surface area contributed by atoms with Crippen molar-refractivity contribution < 1.29 is 14.3 Å². The molecule has 26 heavy (non-hydrogen) atoms. The summed E-state index contributed by atoms with van der Waals surface area (Å²) in [7, 11) is 0. The second kappa shape index (κ2) is 7.09. The molecule has 1 aliphatic rings. The molecule has 1 atom stereocenters. The molecule has 6 nitrogen and oxygen atoms in total. The topological polar surface area (TPSA) is 86.5 Å². The monoisotopic (exact) mass is 371 g/mol. The second-order valence-electron chi connectivity index (χ2n) is 6.32. The van der Waals surface area contributed by atoms with Gasteiger partial charge in [0.1, 0.15) is 15.5 Å². The third-order valence-electron chi connectivity index (χ3n) is 4.52. The number of ether oxygens (including phenoxy) is 2. The fourth-order valence-corrected chi connectivity index (χ4v) is 4.20. The molecule has 1 saturated heterocycles. The van der Waals surface area contributed by atoms with Gasteiger partial charge in [-0.25, -0.2) is 4.98 Å². The summed E-state index contributed by atoms with van der Waals surface area (Å²) in [6.45, 7) is 3.84. The van der Waals surface area contributed by atoms with Crippen LogP contribution >= 0.6 is 11.3 Å². The predicted octanol–water partition coefficient (Wildman–Crippen LogP) is 3.34. The fraction of sp³-hybridized carbons (Fsp3) is 0.368. The summed E-state index contributed by atoms with van der Waals surface area (Å²) in [6, 6.07) is 7.74. The number of benzene rings is 1. The van der Waals surface area contributed by atoms with E-state index in [1.165, 1.54) is 11.3 Å². The van der Waals surface area contributed by atoms with Gasteiger partial charge in [0.15, 0.2) is 0 Å². The Morgan fingerprint density at radius 2 is 2.35 bits per heavy atom. The zero-order valence-electron chi connectivity index (χ0n) is 14.6. The summed E-state index contributed by atoms with van der Waals surface area (Å²) in [5.74, 6) is 0.629. The first-order valence-electron chi connectivity index (χ1n) is 8.81. The molecule has 1 fully saturated rings. The van der Waals surface area contributed by atoms with Crippen molar-refractivity contribution in [1.82, 2.24) is 10.3 Å². The maximum Gasteiger partial charge on any atom is 0.263 e. The van der Waals surface area contributed by atoms with Crippen molar-refractivity contribution in [1.29, 1.82) is 0 Å². The van der Waals surface area contributed by atoms with Crippen LogP contribution in [0.1, 0.15) is 29.4 Å². The molecular weight excluding hydrogens is 350 g/mol. The first-order chi connectivity index (χ1) is 12.7. The van der Waals surface area contributed by atoms with Crippen molar-refractivity contribution >= 4 is 44.1 Å². The molecule has 1 amide bonds. The molecule has 3 N–H and O–H groups in total. The highest BCUT2D eigenvalue weighted by molar-refractivity contribution is 7.21. The number of nitrogens with zero attached hydrogens (tertiary/aromatic N) is 1.